The van der Waals surface area contributed by atoms with Gasteiger partial charge >= 0.3 is 0 Å². The molecule has 3 fully saturated rings. The SMILES string of the molecule is O=C1C(=O)[C@H]2CC3(C[C@H]1N2Cc1ccccc1)OCCO3. The first-order chi connectivity index (χ1) is 10.2. The van der Waals surface area contributed by atoms with E-state index >= 15 is 0 Å². The normalized spacial score (nSPS) is 31.2. The standard InChI is InChI=1S/C16H17NO4/c18-14-12-8-16(20-6-7-21-16)9-13(15(14)19)17(12)10-11-4-2-1-3-5-11/h1-5,12-13H,6-10H2/t12-,13-/m1/s1. The third-order valence-electron chi connectivity index (χ3n) is 4.68. The van der Waals surface area contributed by atoms with E-state index in [-0.39, 0.29) is 11.6 Å². The van der Waals surface area contributed by atoms with E-state index in [1.807, 2.05) is 35.2 Å². The second-order valence-electron chi connectivity index (χ2n) is 5.93. The third kappa shape index (κ3) is 2.04. The van der Waals surface area contributed by atoms with Crippen molar-refractivity contribution in [2.75, 3.05) is 13.2 Å². The minimum absolute atomic E-state index is 0.285. The molecule has 3 aliphatic rings. The molecule has 0 N–H and O–H groups in total. The van der Waals surface area contributed by atoms with E-state index < -0.39 is 17.9 Å². The molecule has 0 radical (unpaired) electrons. The summed E-state index contributed by atoms with van der Waals surface area (Å²) in [6.07, 6.45) is 0.918. The number of piperidine rings is 1. The molecule has 0 unspecified atom stereocenters. The van der Waals surface area contributed by atoms with E-state index in [2.05, 4.69) is 0 Å². The molecule has 21 heavy (non-hydrogen) atoms. The van der Waals surface area contributed by atoms with Gasteiger partial charge in [0.1, 0.15) is 0 Å². The van der Waals surface area contributed by atoms with Crippen LogP contribution in [0.2, 0.25) is 0 Å². The van der Waals surface area contributed by atoms with Gasteiger partial charge in [0, 0.05) is 19.4 Å². The van der Waals surface area contributed by atoms with Crippen LogP contribution >= 0.6 is 0 Å². The maximum absolute atomic E-state index is 12.2. The van der Waals surface area contributed by atoms with Crippen LogP contribution in [-0.4, -0.2) is 47.6 Å². The number of carbonyl (C=O) groups excluding carboxylic acids is 2. The molecule has 3 heterocycles. The highest BCUT2D eigenvalue weighted by molar-refractivity contribution is 6.43. The number of fused-ring (bicyclic) bond motifs is 2. The Morgan fingerprint density at radius 2 is 1.57 bits per heavy atom. The fraction of sp³-hybridized carbons (Fsp3) is 0.500. The van der Waals surface area contributed by atoms with Gasteiger partial charge in [-0.15, -0.1) is 0 Å². The minimum atomic E-state index is -0.718. The molecule has 2 atom stereocenters. The first kappa shape index (κ1) is 13.1. The molecule has 0 saturated carbocycles. The highest BCUT2D eigenvalue weighted by Gasteiger charge is 2.59. The van der Waals surface area contributed by atoms with Gasteiger partial charge in [0.15, 0.2) is 5.79 Å². The summed E-state index contributed by atoms with van der Waals surface area (Å²) < 4.78 is 11.4. The van der Waals surface area contributed by atoms with E-state index in [1.165, 1.54) is 0 Å². The summed E-state index contributed by atoms with van der Waals surface area (Å²) in [5, 5.41) is 0. The molecule has 0 aromatic heterocycles. The Morgan fingerprint density at radius 3 is 2.14 bits per heavy atom. The van der Waals surface area contributed by atoms with Crippen LogP contribution in [0.15, 0.2) is 30.3 Å². The highest BCUT2D eigenvalue weighted by atomic mass is 16.7. The fourth-order valence-corrected chi connectivity index (χ4v) is 3.69. The summed E-state index contributed by atoms with van der Waals surface area (Å²) >= 11 is 0. The molecule has 5 heteroatoms. The van der Waals surface area contributed by atoms with Crippen LogP contribution in [0.4, 0.5) is 0 Å². The minimum Gasteiger partial charge on any atom is -0.347 e. The third-order valence-corrected chi connectivity index (χ3v) is 4.68. The molecule has 110 valence electrons. The second kappa shape index (κ2) is 4.73. The number of nitrogens with zero attached hydrogens (tertiary/aromatic N) is 1. The molecule has 2 bridgehead atoms. The Labute approximate surface area is 122 Å². The van der Waals surface area contributed by atoms with Crippen molar-refractivity contribution < 1.29 is 19.1 Å². The van der Waals surface area contributed by atoms with Gasteiger partial charge in [-0.3, -0.25) is 14.5 Å². The molecular formula is C16H17NO4. The van der Waals surface area contributed by atoms with Crippen molar-refractivity contribution in [1.82, 2.24) is 4.90 Å². The van der Waals surface area contributed by atoms with Crippen molar-refractivity contribution in [3.8, 4) is 0 Å². The number of ketones is 2. The molecule has 1 aromatic carbocycles. The zero-order valence-corrected chi connectivity index (χ0v) is 11.7. The summed E-state index contributed by atoms with van der Waals surface area (Å²) in [6, 6.07) is 9.11. The second-order valence-corrected chi connectivity index (χ2v) is 5.93. The van der Waals surface area contributed by atoms with Crippen molar-refractivity contribution in [2.45, 2.75) is 37.3 Å². The van der Waals surface area contributed by atoms with Gasteiger partial charge in [0.05, 0.1) is 25.3 Å². The van der Waals surface area contributed by atoms with Crippen LogP contribution in [0, 0.1) is 0 Å². The van der Waals surface area contributed by atoms with Crippen LogP contribution < -0.4 is 0 Å². The van der Waals surface area contributed by atoms with Crippen molar-refractivity contribution in [3.05, 3.63) is 35.9 Å². The predicted molar refractivity (Wildman–Crippen MR) is 73.4 cm³/mol. The van der Waals surface area contributed by atoms with E-state index in [0.29, 0.717) is 32.6 Å². The average Bonchev–Trinajstić information content (AvgIpc) is 3.00. The monoisotopic (exact) mass is 287 g/mol. The van der Waals surface area contributed by atoms with Crippen molar-refractivity contribution in [2.24, 2.45) is 0 Å². The van der Waals surface area contributed by atoms with E-state index in [9.17, 15) is 9.59 Å². The zero-order chi connectivity index (χ0) is 14.4. The Kier molecular flexibility index (Phi) is 2.96. The van der Waals surface area contributed by atoms with Gasteiger partial charge in [-0.1, -0.05) is 30.3 Å². The summed E-state index contributed by atoms with van der Waals surface area (Å²) in [5.41, 5.74) is 1.11. The number of benzene rings is 1. The maximum Gasteiger partial charge on any atom is 0.217 e. The Hall–Kier alpha value is -1.56. The summed E-state index contributed by atoms with van der Waals surface area (Å²) in [7, 11) is 0. The fourth-order valence-electron chi connectivity index (χ4n) is 3.69. The molecule has 1 spiro atoms. The first-order valence-corrected chi connectivity index (χ1v) is 7.34. The van der Waals surface area contributed by atoms with Gasteiger partial charge in [-0.2, -0.15) is 0 Å². The Balaban J connectivity index is 1.62. The quantitative estimate of drug-likeness (QED) is 0.757. The summed E-state index contributed by atoms with van der Waals surface area (Å²) in [6.45, 7) is 1.70. The Bertz CT molecular complexity index is 553. The van der Waals surface area contributed by atoms with Gasteiger partial charge < -0.3 is 9.47 Å². The van der Waals surface area contributed by atoms with E-state index in [1.54, 1.807) is 0 Å². The van der Waals surface area contributed by atoms with Crippen LogP contribution in [0.1, 0.15) is 18.4 Å². The summed E-state index contributed by atoms with van der Waals surface area (Å²) in [4.78, 5) is 26.5. The number of hydrogen-bond acceptors (Lipinski definition) is 5. The lowest BCUT2D eigenvalue weighted by atomic mass is 9.95. The average molecular weight is 287 g/mol. The van der Waals surface area contributed by atoms with Gasteiger partial charge in [-0.25, -0.2) is 0 Å². The van der Waals surface area contributed by atoms with E-state index in [4.69, 9.17) is 9.47 Å². The highest BCUT2D eigenvalue weighted by Crippen LogP contribution is 2.42. The van der Waals surface area contributed by atoms with Gasteiger partial charge in [0.2, 0.25) is 11.6 Å². The van der Waals surface area contributed by atoms with Gasteiger partial charge in [0.25, 0.3) is 0 Å². The van der Waals surface area contributed by atoms with Crippen molar-refractivity contribution >= 4 is 11.6 Å². The van der Waals surface area contributed by atoms with Crippen LogP contribution in [0.3, 0.4) is 0 Å². The largest absolute Gasteiger partial charge is 0.347 e. The topological polar surface area (TPSA) is 55.8 Å². The van der Waals surface area contributed by atoms with Crippen LogP contribution in [-0.2, 0) is 25.6 Å². The lowest BCUT2D eigenvalue weighted by molar-refractivity contribution is -0.200. The first-order valence-electron chi connectivity index (χ1n) is 7.34. The molecule has 3 saturated heterocycles. The maximum atomic E-state index is 12.2. The van der Waals surface area contributed by atoms with Crippen molar-refractivity contribution in [1.29, 1.82) is 0 Å². The van der Waals surface area contributed by atoms with Crippen molar-refractivity contribution in [3.63, 3.8) is 0 Å². The molecule has 1 aromatic rings. The predicted octanol–water partition coefficient (Wildman–Crippen LogP) is 0.914. The number of carbonyl (C=O) groups is 2. The lowest BCUT2D eigenvalue weighted by Crippen LogP contribution is -2.52. The van der Waals surface area contributed by atoms with Crippen LogP contribution in [0.5, 0.6) is 0 Å². The molecule has 0 amide bonds. The molecule has 3 aliphatic heterocycles. The van der Waals surface area contributed by atoms with E-state index in [0.717, 1.165) is 5.56 Å². The lowest BCUT2D eigenvalue weighted by Gasteiger charge is -2.41. The smallest absolute Gasteiger partial charge is 0.217 e. The number of rotatable bonds is 2. The van der Waals surface area contributed by atoms with Crippen LogP contribution in [0.25, 0.3) is 0 Å². The molecule has 5 nitrogen and oxygen atoms in total. The number of ether oxygens (including phenoxy) is 2. The number of Topliss-reactive ketones (excluding diaryl/α,β-unsaturated/α-hetero) is 2. The number of hydrogen-bond donors (Lipinski definition) is 0. The molecule has 0 aliphatic carbocycles. The van der Waals surface area contributed by atoms with Gasteiger partial charge in [-0.05, 0) is 5.56 Å². The molecule has 4 rings (SSSR count). The summed E-state index contributed by atoms with van der Waals surface area (Å²) in [5.74, 6) is -1.29. The zero-order valence-electron chi connectivity index (χ0n) is 11.7. The Morgan fingerprint density at radius 1 is 1.00 bits per heavy atom. The molecular weight excluding hydrogens is 270 g/mol.